The Morgan fingerprint density at radius 3 is 2.73 bits per heavy atom. The van der Waals surface area contributed by atoms with Crippen molar-refractivity contribution in [3.63, 3.8) is 0 Å². The van der Waals surface area contributed by atoms with Gasteiger partial charge in [-0.3, -0.25) is 19.5 Å². The summed E-state index contributed by atoms with van der Waals surface area (Å²) in [7, 11) is 0. The highest BCUT2D eigenvalue weighted by atomic mass is 16.6. The fourth-order valence-electron chi connectivity index (χ4n) is 2.57. The number of hydrogen-bond donors (Lipinski definition) is 1. The van der Waals surface area contributed by atoms with Crippen LogP contribution in [0.1, 0.15) is 6.92 Å². The lowest BCUT2D eigenvalue weighted by molar-refractivity contribution is -0.177. The molecule has 3 heterocycles. The van der Waals surface area contributed by atoms with Crippen molar-refractivity contribution >= 4 is 23.7 Å². The third kappa shape index (κ3) is 3.54. The van der Waals surface area contributed by atoms with Crippen molar-refractivity contribution < 1.29 is 29.0 Å². The molecule has 0 aliphatic carbocycles. The molecule has 0 aromatic carbocycles. The van der Waals surface area contributed by atoms with Gasteiger partial charge in [0, 0.05) is 31.6 Å². The summed E-state index contributed by atoms with van der Waals surface area (Å²) in [5.74, 6) is -2.56. The molecular formula is C16H16N4O6. The Balaban J connectivity index is 1.83. The zero-order valence-corrected chi connectivity index (χ0v) is 13.8. The molecule has 1 saturated heterocycles. The smallest absolute Gasteiger partial charge is 0.348 e. The summed E-state index contributed by atoms with van der Waals surface area (Å²) in [6.07, 6.45) is 1.75. The Hall–Kier alpha value is -3.27. The van der Waals surface area contributed by atoms with E-state index >= 15 is 0 Å². The summed E-state index contributed by atoms with van der Waals surface area (Å²) >= 11 is 0. The summed E-state index contributed by atoms with van der Waals surface area (Å²) in [4.78, 5) is 40.4. The third-order valence-corrected chi connectivity index (χ3v) is 3.71. The van der Waals surface area contributed by atoms with Crippen LogP contribution in [-0.4, -0.2) is 63.1 Å². The maximum absolute atomic E-state index is 12.7. The topological polar surface area (TPSA) is 124 Å². The number of carbonyl (C=O) groups is 3. The molecule has 1 amide bonds. The first-order valence-electron chi connectivity index (χ1n) is 7.76. The number of carboxylic acids is 1. The average Bonchev–Trinajstić information content (AvgIpc) is 3.10. The molecule has 0 radical (unpaired) electrons. The molecular weight excluding hydrogens is 344 g/mol. The molecule has 26 heavy (non-hydrogen) atoms. The van der Waals surface area contributed by atoms with Crippen molar-refractivity contribution in [1.82, 2.24) is 14.8 Å². The van der Waals surface area contributed by atoms with E-state index in [0.717, 1.165) is 12.6 Å². The molecule has 10 heteroatoms. The molecule has 2 unspecified atom stereocenters. The second kappa shape index (κ2) is 7.31. The van der Waals surface area contributed by atoms with Crippen LogP contribution >= 0.6 is 0 Å². The van der Waals surface area contributed by atoms with Gasteiger partial charge >= 0.3 is 11.9 Å². The maximum Gasteiger partial charge on any atom is 0.348 e. The van der Waals surface area contributed by atoms with E-state index in [0.29, 0.717) is 5.82 Å². The fourth-order valence-corrected chi connectivity index (χ4v) is 2.57. The van der Waals surface area contributed by atoms with Gasteiger partial charge in [0.15, 0.2) is 11.9 Å². The first-order chi connectivity index (χ1) is 12.5. The molecule has 1 aliphatic heterocycles. The van der Waals surface area contributed by atoms with E-state index in [4.69, 9.17) is 9.47 Å². The van der Waals surface area contributed by atoms with Gasteiger partial charge in [0.05, 0.1) is 18.8 Å². The summed E-state index contributed by atoms with van der Waals surface area (Å²) in [5.41, 5.74) is 0.756. The lowest BCUT2D eigenvalue weighted by Crippen LogP contribution is -2.55. The molecule has 0 bridgehead atoms. The van der Waals surface area contributed by atoms with Gasteiger partial charge in [-0.1, -0.05) is 0 Å². The summed E-state index contributed by atoms with van der Waals surface area (Å²) < 4.78 is 11.6. The van der Waals surface area contributed by atoms with Gasteiger partial charge in [-0.2, -0.15) is 0 Å². The van der Waals surface area contributed by atoms with Gasteiger partial charge in [0.2, 0.25) is 6.10 Å². The normalized spacial score (nSPS) is 18.4. The number of amides is 1. The highest BCUT2D eigenvalue weighted by molar-refractivity contribution is 5.99. The minimum atomic E-state index is -1.72. The predicted octanol–water partition coefficient (Wildman–Crippen LogP) is 0.0154. The molecule has 2 atom stereocenters. The zero-order chi connectivity index (χ0) is 18.7. The monoisotopic (exact) mass is 360 g/mol. The van der Waals surface area contributed by atoms with E-state index in [1.807, 2.05) is 0 Å². The summed E-state index contributed by atoms with van der Waals surface area (Å²) in [6, 6.07) is 5.13. The molecule has 0 spiro atoms. The molecule has 1 fully saturated rings. The number of esters is 1. The van der Waals surface area contributed by atoms with Crippen LogP contribution in [0.4, 0.5) is 5.82 Å². The minimum absolute atomic E-state index is 0.0869. The van der Waals surface area contributed by atoms with Crippen molar-refractivity contribution in [2.24, 2.45) is 0 Å². The first kappa shape index (κ1) is 17.5. The number of aromatic nitrogens is 3. The second-order valence-corrected chi connectivity index (χ2v) is 5.47. The summed E-state index contributed by atoms with van der Waals surface area (Å²) in [6.45, 7) is 1.36. The number of carboxylic acid groups (broad SMARTS) is 1. The van der Waals surface area contributed by atoms with Crippen molar-refractivity contribution in [1.29, 1.82) is 0 Å². The highest BCUT2D eigenvalue weighted by Gasteiger charge is 2.43. The molecule has 2 aromatic rings. The first-order valence-corrected chi connectivity index (χ1v) is 7.76. The number of hydrogen-bond acceptors (Lipinski definition) is 7. The number of pyridine rings is 1. The third-order valence-electron chi connectivity index (χ3n) is 3.71. The molecule has 0 saturated carbocycles. The standard InChI is InChI=1S/C16H16N4O6/c1-10(21)26-14(16(23)24)13-15(22)19(8-9-25-13)12-4-7-20(18-12)11-2-5-17-6-3-11/h2-7,13-14H,8-9H2,1H3,(H,23,24). The van der Waals surface area contributed by atoms with Gasteiger partial charge in [-0.15, -0.1) is 5.10 Å². The van der Waals surface area contributed by atoms with Crippen molar-refractivity contribution in [3.05, 3.63) is 36.8 Å². The fraction of sp³-hybridized carbons (Fsp3) is 0.312. The van der Waals surface area contributed by atoms with Crippen LogP contribution in [-0.2, 0) is 23.9 Å². The molecule has 10 nitrogen and oxygen atoms in total. The minimum Gasteiger partial charge on any atom is -0.478 e. The van der Waals surface area contributed by atoms with Crippen LogP contribution in [0.2, 0.25) is 0 Å². The number of carbonyl (C=O) groups excluding carboxylic acids is 2. The van der Waals surface area contributed by atoms with Crippen LogP contribution in [0.15, 0.2) is 36.8 Å². The van der Waals surface area contributed by atoms with Gasteiger partial charge in [-0.25, -0.2) is 9.48 Å². The van der Waals surface area contributed by atoms with Crippen molar-refractivity contribution in [2.75, 3.05) is 18.1 Å². The number of aliphatic carboxylic acids is 1. The van der Waals surface area contributed by atoms with Crippen molar-refractivity contribution in [2.45, 2.75) is 19.1 Å². The molecule has 136 valence electrons. The van der Waals surface area contributed by atoms with Crippen LogP contribution in [0, 0.1) is 0 Å². The van der Waals surface area contributed by atoms with Gasteiger partial charge < -0.3 is 14.6 Å². The second-order valence-electron chi connectivity index (χ2n) is 5.47. The summed E-state index contributed by atoms with van der Waals surface area (Å²) in [5, 5.41) is 13.6. The highest BCUT2D eigenvalue weighted by Crippen LogP contribution is 2.21. The van der Waals surface area contributed by atoms with Crippen molar-refractivity contribution in [3.8, 4) is 5.69 Å². The number of anilines is 1. The SMILES string of the molecule is CC(=O)OC(C(=O)O)C1OCCN(c2ccn(-c3ccncc3)n2)C1=O. The Bertz CT molecular complexity index is 821. The predicted molar refractivity (Wildman–Crippen MR) is 86.6 cm³/mol. The molecule has 3 rings (SSSR count). The van der Waals surface area contributed by atoms with Gasteiger partial charge in [0.1, 0.15) is 0 Å². The van der Waals surface area contributed by atoms with E-state index in [1.54, 1.807) is 41.5 Å². The van der Waals surface area contributed by atoms with E-state index in [-0.39, 0.29) is 13.2 Å². The Morgan fingerprint density at radius 1 is 1.35 bits per heavy atom. The molecule has 2 aromatic heterocycles. The Labute approximate surface area is 147 Å². The largest absolute Gasteiger partial charge is 0.478 e. The van der Waals surface area contributed by atoms with E-state index in [9.17, 15) is 19.5 Å². The quantitative estimate of drug-likeness (QED) is 0.740. The Kier molecular flexibility index (Phi) is 4.94. The van der Waals surface area contributed by atoms with Crippen LogP contribution in [0.25, 0.3) is 5.69 Å². The van der Waals surface area contributed by atoms with E-state index in [1.165, 1.54) is 4.90 Å². The van der Waals surface area contributed by atoms with E-state index < -0.39 is 30.1 Å². The maximum atomic E-state index is 12.7. The molecule has 1 aliphatic rings. The van der Waals surface area contributed by atoms with Crippen LogP contribution in [0.3, 0.4) is 0 Å². The number of rotatable bonds is 5. The van der Waals surface area contributed by atoms with Gasteiger partial charge in [-0.05, 0) is 12.1 Å². The lowest BCUT2D eigenvalue weighted by atomic mass is 10.1. The number of nitrogens with zero attached hydrogens (tertiary/aromatic N) is 4. The Morgan fingerprint density at radius 2 is 2.08 bits per heavy atom. The van der Waals surface area contributed by atoms with E-state index in [2.05, 4.69) is 10.1 Å². The molecule has 1 N–H and O–H groups in total. The number of ether oxygens (including phenoxy) is 2. The average molecular weight is 360 g/mol. The lowest BCUT2D eigenvalue weighted by Gasteiger charge is -2.33. The van der Waals surface area contributed by atoms with Crippen LogP contribution < -0.4 is 4.90 Å². The number of morpholine rings is 1. The van der Waals surface area contributed by atoms with Crippen LogP contribution in [0.5, 0.6) is 0 Å². The zero-order valence-electron chi connectivity index (χ0n) is 13.8. The van der Waals surface area contributed by atoms with Gasteiger partial charge in [0.25, 0.3) is 5.91 Å².